The molecule has 0 spiro atoms. The van der Waals surface area contributed by atoms with Crippen LogP contribution >= 0.6 is 0 Å². The molecule has 0 radical (unpaired) electrons. The van der Waals surface area contributed by atoms with Crippen molar-refractivity contribution in [2.75, 3.05) is 38.1 Å². The molecule has 19 heavy (non-hydrogen) atoms. The van der Waals surface area contributed by atoms with Crippen LogP contribution in [-0.2, 0) is 0 Å². The summed E-state index contributed by atoms with van der Waals surface area (Å²) in [6.45, 7) is 7.61. The zero-order valence-corrected chi connectivity index (χ0v) is 12.2. The number of hydrogen-bond donors (Lipinski definition) is 2. The summed E-state index contributed by atoms with van der Waals surface area (Å²) in [5, 5.41) is 6.06. The highest BCUT2D eigenvalue weighted by atomic mass is 16.1. The van der Waals surface area contributed by atoms with Crippen molar-refractivity contribution in [2.45, 2.75) is 20.3 Å². The van der Waals surface area contributed by atoms with Gasteiger partial charge in [-0.1, -0.05) is 13.8 Å². The average Bonchev–Trinajstić information content (AvgIpc) is 2.44. The first-order valence-electron chi connectivity index (χ1n) is 6.99. The van der Waals surface area contributed by atoms with Gasteiger partial charge in [0, 0.05) is 37.9 Å². The van der Waals surface area contributed by atoms with Crippen LogP contribution in [0.15, 0.2) is 24.3 Å². The van der Waals surface area contributed by atoms with E-state index in [0.717, 1.165) is 31.7 Å². The van der Waals surface area contributed by atoms with E-state index in [0.29, 0.717) is 12.1 Å². The molecule has 0 aromatic heterocycles. The zero-order chi connectivity index (χ0) is 14.1. The molecule has 1 aromatic rings. The van der Waals surface area contributed by atoms with Gasteiger partial charge < -0.3 is 15.5 Å². The van der Waals surface area contributed by atoms with Crippen molar-refractivity contribution in [1.82, 2.24) is 10.6 Å². The second-order valence-electron chi connectivity index (χ2n) is 4.58. The molecule has 4 nitrogen and oxygen atoms in total. The molecule has 0 bridgehead atoms. The van der Waals surface area contributed by atoms with Crippen molar-refractivity contribution in [1.29, 1.82) is 0 Å². The van der Waals surface area contributed by atoms with E-state index in [9.17, 15) is 4.79 Å². The van der Waals surface area contributed by atoms with Crippen molar-refractivity contribution >= 4 is 11.6 Å². The molecule has 0 unspecified atom stereocenters. The van der Waals surface area contributed by atoms with Crippen LogP contribution in [0.3, 0.4) is 0 Å². The van der Waals surface area contributed by atoms with Crippen LogP contribution in [-0.4, -0.2) is 39.1 Å². The topological polar surface area (TPSA) is 44.4 Å². The fourth-order valence-electron chi connectivity index (χ4n) is 1.88. The summed E-state index contributed by atoms with van der Waals surface area (Å²) in [7, 11) is 2.06. The van der Waals surface area contributed by atoms with Gasteiger partial charge in [0.05, 0.1) is 0 Å². The van der Waals surface area contributed by atoms with Crippen molar-refractivity contribution in [3.05, 3.63) is 29.8 Å². The Morgan fingerprint density at radius 2 is 1.84 bits per heavy atom. The van der Waals surface area contributed by atoms with E-state index in [1.807, 2.05) is 31.2 Å². The summed E-state index contributed by atoms with van der Waals surface area (Å²) in [5.41, 5.74) is 1.86. The van der Waals surface area contributed by atoms with E-state index in [1.54, 1.807) is 0 Å². The van der Waals surface area contributed by atoms with Gasteiger partial charge in [-0.25, -0.2) is 0 Å². The Kier molecular flexibility index (Phi) is 6.97. The van der Waals surface area contributed by atoms with Crippen LogP contribution in [0.1, 0.15) is 30.6 Å². The van der Waals surface area contributed by atoms with Gasteiger partial charge in [0.2, 0.25) is 0 Å². The Hall–Kier alpha value is -1.55. The van der Waals surface area contributed by atoms with E-state index >= 15 is 0 Å². The molecular weight excluding hydrogens is 238 g/mol. The molecule has 1 rings (SSSR count). The summed E-state index contributed by atoms with van der Waals surface area (Å²) in [6, 6.07) is 7.75. The third-order valence-corrected chi connectivity index (χ3v) is 2.97. The smallest absolute Gasteiger partial charge is 0.251 e. The highest BCUT2D eigenvalue weighted by molar-refractivity contribution is 5.94. The monoisotopic (exact) mass is 263 g/mol. The molecule has 1 aromatic carbocycles. The number of likely N-dealkylation sites (N-methyl/N-ethyl adjacent to an activating group) is 1. The number of carbonyl (C=O) groups is 1. The Bertz CT molecular complexity index is 375. The maximum absolute atomic E-state index is 11.9. The van der Waals surface area contributed by atoms with Gasteiger partial charge in [-0.05, 0) is 37.2 Å². The number of rotatable bonds is 8. The van der Waals surface area contributed by atoms with Crippen LogP contribution in [0, 0.1) is 0 Å². The lowest BCUT2D eigenvalue weighted by molar-refractivity contribution is 0.0954. The summed E-state index contributed by atoms with van der Waals surface area (Å²) < 4.78 is 0. The van der Waals surface area contributed by atoms with Crippen LogP contribution in [0.4, 0.5) is 5.69 Å². The first-order valence-corrected chi connectivity index (χ1v) is 6.99. The van der Waals surface area contributed by atoms with Gasteiger partial charge in [0.25, 0.3) is 5.91 Å². The van der Waals surface area contributed by atoms with Crippen LogP contribution in [0.25, 0.3) is 0 Å². The minimum atomic E-state index is -0.0115. The van der Waals surface area contributed by atoms with Crippen molar-refractivity contribution in [3.63, 3.8) is 0 Å². The Morgan fingerprint density at radius 1 is 1.16 bits per heavy atom. The number of anilines is 1. The predicted octanol–water partition coefficient (Wildman–Crippen LogP) is 1.87. The lowest BCUT2D eigenvalue weighted by Crippen LogP contribution is -2.31. The average molecular weight is 263 g/mol. The molecule has 0 atom stereocenters. The van der Waals surface area contributed by atoms with Crippen molar-refractivity contribution in [2.24, 2.45) is 0 Å². The highest BCUT2D eigenvalue weighted by Crippen LogP contribution is 2.13. The SMILES string of the molecule is CCCN(C)c1ccc(C(=O)NCCNCC)cc1. The molecule has 0 saturated carbocycles. The molecular formula is C15H25N3O. The van der Waals surface area contributed by atoms with E-state index < -0.39 is 0 Å². The van der Waals surface area contributed by atoms with Gasteiger partial charge in [-0.3, -0.25) is 4.79 Å². The molecule has 0 aliphatic heterocycles. The largest absolute Gasteiger partial charge is 0.375 e. The third kappa shape index (κ3) is 5.30. The van der Waals surface area contributed by atoms with Gasteiger partial charge in [0.1, 0.15) is 0 Å². The molecule has 0 aliphatic carbocycles. The molecule has 0 fully saturated rings. The second-order valence-corrected chi connectivity index (χ2v) is 4.58. The van der Waals surface area contributed by atoms with Gasteiger partial charge >= 0.3 is 0 Å². The zero-order valence-electron chi connectivity index (χ0n) is 12.2. The molecule has 4 heteroatoms. The molecule has 0 saturated heterocycles. The molecule has 106 valence electrons. The summed E-state index contributed by atoms with van der Waals surface area (Å²) >= 11 is 0. The Labute approximate surface area is 116 Å². The van der Waals surface area contributed by atoms with E-state index in [-0.39, 0.29) is 5.91 Å². The van der Waals surface area contributed by atoms with Crippen LogP contribution in [0.5, 0.6) is 0 Å². The lowest BCUT2D eigenvalue weighted by Gasteiger charge is -2.18. The van der Waals surface area contributed by atoms with Crippen LogP contribution in [0.2, 0.25) is 0 Å². The molecule has 0 aliphatic rings. The summed E-state index contributed by atoms with van der Waals surface area (Å²) in [6.07, 6.45) is 1.11. The van der Waals surface area contributed by atoms with Crippen LogP contribution < -0.4 is 15.5 Å². The quantitative estimate of drug-likeness (QED) is 0.704. The minimum Gasteiger partial charge on any atom is -0.375 e. The summed E-state index contributed by atoms with van der Waals surface area (Å²) in [5.74, 6) is -0.0115. The number of benzene rings is 1. The summed E-state index contributed by atoms with van der Waals surface area (Å²) in [4.78, 5) is 14.0. The molecule has 1 amide bonds. The number of nitrogens with zero attached hydrogens (tertiary/aromatic N) is 1. The highest BCUT2D eigenvalue weighted by Gasteiger charge is 2.05. The van der Waals surface area contributed by atoms with Crippen molar-refractivity contribution < 1.29 is 4.79 Å². The second kappa shape index (κ2) is 8.53. The van der Waals surface area contributed by atoms with Crippen molar-refractivity contribution in [3.8, 4) is 0 Å². The lowest BCUT2D eigenvalue weighted by atomic mass is 10.2. The standard InChI is InChI=1S/C15H25N3O/c1-4-12-18(3)14-8-6-13(7-9-14)15(19)17-11-10-16-5-2/h6-9,16H,4-5,10-12H2,1-3H3,(H,17,19). The number of nitrogens with one attached hydrogen (secondary N) is 2. The molecule has 2 N–H and O–H groups in total. The van der Waals surface area contributed by atoms with Gasteiger partial charge in [-0.15, -0.1) is 0 Å². The van der Waals surface area contributed by atoms with E-state index in [2.05, 4.69) is 29.5 Å². The first-order chi connectivity index (χ1) is 9.19. The Morgan fingerprint density at radius 3 is 2.42 bits per heavy atom. The fourth-order valence-corrected chi connectivity index (χ4v) is 1.88. The maximum atomic E-state index is 11.9. The first kappa shape index (κ1) is 15.5. The fraction of sp³-hybridized carbons (Fsp3) is 0.533. The third-order valence-electron chi connectivity index (χ3n) is 2.97. The van der Waals surface area contributed by atoms with E-state index in [4.69, 9.17) is 0 Å². The Balaban J connectivity index is 2.48. The number of hydrogen-bond acceptors (Lipinski definition) is 3. The molecule has 0 heterocycles. The predicted molar refractivity (Wildman–Crippen MR) is 80.9 cm³/mol. The van der Waals surface area contributed by atoms with E-state index in [1.165, 1.54) is 0 Å². The van der Waals surface area contributed by atoms with Gasteiger partial charge in [-0.2, -0.15) is 0 Å². The number of carbonyl (C=O) groups excluding carboxylic acids is 1. The maximum Gasteiger partial charge on any atom is 0.251 e. The number of amides is 1. The van der Waals surface area contributed by atoms with Gasteiger partial charge in [0.15, 0.2) is 0 Å². The normalized spacial score (nSPS) is 10.3. The minimum absolute atomic E-state index is 0.0115.